The van der Waals surface area contributed by atoms with E-state index in [1.54, 1.807) is 22.7 Å². The van der Waals surface area contributed by atoms with Crippen molar-refractivity contribution in [2.24, 2.45) is 0 Å². The third-order valence-corrected chi connectivity index (χ3v) is 7.90. The lowest BCUT2D eigenvalue weighted by molar-refractivity contribution is -0.116. The van der Waals surface area contributed by atoms with Crippen LogP contribution in [0.5, 0.6) is 0 Å². The van der Waals surface area contributed by atoms with Crippen molar-refractivity contribution < 1.29 is 4.79 Å². The molecule has 5 nitrogen and oxygen atoms in total. The van der Waals surface area contributed by atoms with Crippen molar-refractivity contribution in [1.29, 1.82) is 0 Å². The summed E-state index contributed by atoms with van der Waals surface area (Å²) in [6.45, 7) is 6.79. The van der Waals surface area contributed by atoms with Crippen molar-refractivity contribution in [3.8, 4) is 10.6 Å². The number of halogens is 1. The van der Waals surface area contributed by atoms with E-state index in [1.165, 1.54) is 10.4 Å². The highest BCUT2D eigenvalue weighted by Gasteiger charge is 2.25. The van der Waals surface area contributed by atoms with Gasteiger partial charge < -0.3 is 16.0 Å². The van der Waals surface area contributed by atoms with E-state index in [0.29, 0.717) is 19.0 Å². The Morgan fingerprint density at radius 1 is 1.38 bits per heavy atom. The number of hydrogen-bond acceptors (Lipinski definition) is 6. The molecule has 8 heteroatoms. The van der Waals surface area contributed by atoms with Crippen molar-refractivity contribution in [2.45, 2.75) is 45.7 Å². The van der Waals surface area contributed by atoms with Gasteiger partial charge in [-0.25, -0.2) is 4.98 Å². The van der Waals surface area contributed by atoms with E-state index in [4.69, 9.17) is 4.98 Å². The molecule has 29 heavy (non-hydrogen) atoms. The van der Waals surface area contributed by atoms with Crippen molar-refractivity contribution in [3.63, 3.8) is 0 Å². The summed E-state index contributed by atoms with van der Waals surface area (Å²) in [6, 6.07) is 6.62. The molecule has 3 aromatic rings. The molecule has 1 aromatic carbocycles. The molecule has 1 unspecified atom stereocenters. The lowest BCUT2D eigenvalue weighted by atomic mass is 10.0. The molecule has 1 aliphatic heterocycles. The Morgan fingerprint density at radius 3 is 3.07 bits per heavy atom. The summed E-state index contributed by atoms with van der Waals surface area (Å²) in [5.41, 5.74) is 3.44. The van der Waals surface area contributed by atoms with Gasteiger partial charge in [0.15, 0.2) is 0 Å². The van der Waals surface area contributed by atoms with Crippen LogP contribution in [0.25, 0.3) is 20.8 Å². The Morgan fingerprint density at radius 2 is 2.24 bits per heavy atom. The molecule has 4 rings (SSSR count). The molecule has 3 heterocycles. The molecule has 0 aliphatic carbocycles. The number of fused-ring (bicyclic) bond motifs is 2. The van der Waals surface area contributed by atoms with E-state index in [2.05, 4.69) is 57.9 Å². The number of amides is 1. The smallest absolute Gasteiger partial charge is 0.226 e. The summed E-state index contributed by atoms with van der Waals surface area (Å²) in [7, 11) is 0. The predicted octanol–water partition coefficient (Wildman–Crippen LogP) is 5.15. The van der Waals surface area contributed by atoms with Gasteiger partial charge in [0.1, 0.15) is 10.0 Å². The van der Waals surface area contributed by atoms with Crippen LogP contribution in [-0.2, 0) is 17.8 Å². The highest BCUT2D eigenvalue weighted by Crippen LogP contribution is 2.45. The average molecular weight is 493 g/mol. The first-order chi connectivity index (χ1) is 14.0. The summed E-state index contributed by atoms with van der Waals surface area (Å²) >= 11 is 6.91. The fourth-order valence-electron chi connectivity index (χ4n) is 3.42. The molecule has 0 saturated heterocycles. The minimum absolute atomic E-state index is 0.0532. The van der Waals surface area contributed by atoms with Crippen LogP contribution in [0.3, 0.4) is 0 Å². The number of thiophene rings is 1. The summed E-state index contributed by atoms with van der Waals surface area (Å²) in [5, 5.41) is 11.9. The van der Waals surface area contributed by atoms with Crippen LogP contribution < -0.4 is 16.0 Å². The van der Waals surface area contributed by atoms with Crippen LogP contribution in [0.4, 0.5) is 5.00 Å². The zero-order valence-electron chi connectivity index (χ0n) is 16.6. The Balaban J connectivity index is 1.62. The molecule has 0 spiro atoms. The van der Waals surface area contributed by atoms with Crippen molar-refractivity contribution in [2.75, 3.05) is 18.4 Å². The predicted molar refractivity (Wildman–Crippen MR) is 127 cm³/mol. The number of carbonyl (C=O) groups excluding carboxylic acids is 1. The molecule has 2 aromatic heterocycles. The minimum atomic E-state index is 0.0532. The molecule has 1 aliphatic rings. The minimum Gasteiger partial charge on any atom is -0.317 e. The standard InChI is InChI=1S/C21H25BrN4OS2/c1-3-12(2)24-9-7-18(27)26-21-19(14-6-8-23-11-17(14)29-21)20-25-15-10-13(22)4-5-16(15)28-20/h4-5,10,12,23-24H,3,6-9,11H2,1-2H3,(H,26,27). The number of carbonyl (C=O) groups is 1. The Bertz CT molecular complexity index is 1030. The second kappa shape index (κ2) is 9.22. The maximum Gasteiger partial charge on any atom is 0.226 e. The maximum absolute atomic E-state index is 12.6. The van der Waals surface area contributed by atoms with Crippen LogP contribution >= 0.6 is 38.6 Å². The number of nitrogens with zero attached hydrogens (tertiary/aromatic N) is 1. The second-order valence-corrected chi connectivity index (χ2v) is 10.4. The first-order valence-electron chi connectivity index (χ1n) is 10.00. The van der Waals surface area contributed by atoms with Crippen LogP contribution in [0.15, 0.2) is 22.7 Å². The molecule has 0 bridgehead atoms. The zero-order valence-corrected chi connectivity index (χ0v) is 19.8. The molecule has 0 fully saturated rings. The highest BCUT2D eigenvalue weighted by molar-refractivity contribution is 9.10. The van der Waals surface area contributed by atoms with Gasteiger partial charge in [-0.1, -0.05) is 22.9 Å². The number of anilines is 1. The van der Waals surface area contributed by atoms with E-state index in [0.717, 1.165) is 56.2 Å². The summed E-state index contributed by atoms with van der Waals surface area (Å²) in [5.74, 6) is 0.0532. The van der Waals surface area contributed by atoms with Gasteiger partial charge in [-0.15, -0.1) is 22.7 Å². The third kappa shape index (κ3) is 4.72. The first-order valence-corrected chi connectivity index (χ1v) is 12.4. The van der Waals surface area contributed by atoms with E-state index in [-0.39, 0.29) is 5.91 Å². The summed E-state index contributed by atoms with van der Waals surface area (Å²) in [6.07, 6.45) is 2.49. The fraction of sp³-hybridized carbons (Fsp3) is 0.429. The summed E-state index contributed by atoms with van der Waals surface area (Å²) in [4.78, 5) is 18.8. The number of rotatable bonds is 7. The number of aromatic nitrogens is 1. The molecule has 3 N–H and O–H groups in total. The highest BCUT2D eigenvalue weighted by atomic mass is 79.9. The Kier molecular flexibility index (Phi) is 6.66. The largest absolute Gasteiger partial charge is 0.317 e. The Hall–Kier alpha value is -1.32. The van der Waals surface area contributed by atoms with Gasteiger partial charge in [0.05, 0.1) is 10.2 Å². The van der Waals surface area contributed by atoms with Gasteiger partial charge in [0.2, 0.25) is 5.91 Å². The van der Waals surface area contributed by atoms with Crippen LogP contribution in [0, 0.1) is 0 Å². The van der Waals surface area contributed by atoms with Crippen LogP contribution in [-0.4, -0.2) is 30.0 Å². The van der Waals surface area contributed by atoms with Gasteiger partial charge in [-0.3, -0.25) is 4.79 Å². The molecule has 0 radical (unpaired) electrons. The number of nitrogens with one attached hydrogen (secondary N) is 3. The molecule has 0 saturated carbocycles. The van der Waals surface area contributed by atoms with E-state index < -0.39 is 0 Å². The van der Waals surface area contributed by atoms with Gasteiger partial charge >= 0.3 is 0 Å². The number of thiazole rings is 1. The van der Waals surface area contributed by atoms with E-state index >= 15 is 0 Å². The van der Waals surface area contributed by atoms with Gasteiger partial charge in [0.25, 0.3) is 0 Å². The maximum atomic E-state index is 12.6. The number of benzene rings is 1. The molecule has 1 atom stereocenters. The quantitative estimate of drug-likeness (QED) is 0.426. The first kappa shape index (κ1) is 20.9. The molecular weight excluding hydrogens is 468 g/mol. The molecule has 154 valence electrons. The van der Waals surface area contributed by atoms with Crippen LogP contribution in [0.1, 0.15) is 37.1 Å². The molecule has 1 amide bonds. The van der Waals surface area contributed by atoms with Gasteiger partial charge in [0, 0.05) is 40.5 Å². The van der Waals surface area contributed by atoms with Gasteiger partial charge in [-0.2, -0.15) is 0 Å². The van der Waals surface area contributed by atoms with E-state index in [9.17, 15) is 4.79 Å². The average Bonchev–Trinajstić information content (AvgIpc) is 3.27. The normalized spacial score (nSPS) is 14.7. The topological polar surface area (TPSA) is 66.0 Å². The summed E-state index contributed by atoms with van der Waals surface area (Å²) < 4.78 is 2.19. The van der Waals surface area contributed by atoms with Crippen molar-refractivity contribution in [3.05, 3.63) is 33.1 Å². The van der Waals surface area contributed by atoms with Crippen LogP contribution in [0.2, 0.25) is 0 Å². The monoisotopic (exact) mass is 492 g/mol. The lowest BCUT2D eigenvalue weighted by Crippen LogP contribution is -2.28. The lowest BCUT2D eigenvalue weighted by Gasteiger charge is -2.13. The fourth-order valence-corrected chi connectivity index (χ4v) is 6.10. The SMILES string of the molecule is CCC(C)NCCC(=O)Nc1sc2c(c1-c1nc3cc(Br)ccc3s1)CCNC2. The van der Waals surface area contributed by atoms with E-state index in [1.807, 2.05) is 6.07 Å². The number of hydrogen-bond donors (Lipinski definition) is 3. The van der Waals surface area contributed by atoms with Crippen molar-refractivity contribution >= 4 is 59.7 Å². The second-order valence-electron chi connectivity index (χ2n) is 7.33. The molecular formula is C21H25BrN4OS2. The van der Waals surface area contributed by atoms with Crippen molar-refractivity contribution in [1.82, 2.24) is 15.6 Å². The third-order valence-electron chi connectivity index (χ3n) is 5.20. The zero-order chi connectivity index (χ0) is 20.4. The van der Waals surface area contributed by atoms with Gasteiger partial charge in [-0.05, 0) is 50.1 Å². The Labute approximate surface area is 187 Å².